The Morgan fingerprint density at radius 3 is 2.39 bits per heavy atom. The number of furan rings is 1. The number of primary amides is 1. The minimum absolute atomic E-state index is 0.0270. The number of carbonyl (C=O) groups excluding carboxylic acids is 3. The molecular formula is C26H31N5O4S. The Morgan fingerprint density at radius 2 is 1.83 bits per heavy atom. The average Bonchev–Trinajstić information content (AvgIpc) is 3.48. The van der Waals surface area contributed by atoms with E-state index in [-0.39, 0.29) is 28.2 Å². The lowest BCUT2D eigenvalue weighted by Crippen LogP contribution is -2.47. The normalized spacial score (nSPS) is 14.8. The molecule has 1 aliphatic rings. The Hall–Kier alpha value is -3.66. The number of hydrogen-bond donors (Lipinski definition) is 3. The van der Waals surface area contributed by atoms with E-state index < -0.39 is 17.9 Å². The maximum absolute atomic E-state index is 14.0. The van der Waals surface area contributed by atoms with Crippen molar-refractivity contribution in [2.45, 2.75) is 64.5 Å². The Labute approximate surface area is 214 Å². The number of anilines is 2. The van der Waals surface area contributed by atoms with Gasteiger partial charge in [0.25, 0.3) is 17.7 Å². The molecule has 1 saturated carbocycles. The largest absolute Gasteiger partial charge is 0.464 e. The molecule has 1 aromatic carbocycles. The number of benzene rings is 1. The van der Waals surface area contributed by atoms with E-state index >= 15 is 0 Å². The first-order valence-corrected chi connectivity index (χ1v) is 12.9. The number of aryl methyl sites for hydroxylation is 2. The molecule has 5 N–H and O–H groups in total. The topological polar surface area (TPSA) is 145 Å². The van der Waals surface area contributed by atoms with Crippen molar-refractivity contribution in [1.82, 2.24) is 9.69 Å². The number of carbonyl (C=O) groups is 3. The number of hydrogen-bond acceptors (Lipinski definition) is 7. The summed E-state index contributed by atoms with van der Waals surface area (Å²) in [5.41, 5.74) is 12.8. The van der Waals surface area contributed by atoms with Crippen molar-refractivity contribution in [3.05, 3.63) is 64.1 Å². The summed E-state index contributed by atoms with van der Waals surface area (Å²) >= 11 is 0.779. The predicted molar refractivity (Wildman–Crippen MR) is 139 cm³/mol. The van der Waals surface area contributed by atoms with Crippen molar-refractivity contribution in [2.24, 2.45) is 5.73 Å². The minimum atomic E-state index is -1.10. The van der Waals surface area contributed by atoms with Gasteiger partial charge in [0, 0.05) is 11.7 Å². The van der Waals surface area contributed by atoms with Gasteiger partial charge in [-0.05, 0) is 67.5 Å². The lowest BCUT2D eigenvalue weighted by Gasteiger charge is -2.32. The van der Waals surface area contributed by atoms with Crippen LogP contribution in [-0.4, -0.2) is 28.1 Å². The number of nitrogens with zero attached hydrogens (tertiary/aromatic N) is 2. The van der Waals surface area contributed by atoms with Gasteiger partial charge in [0.05, 0.1) is 5.69 Å². The molecule has 2 heterocycles. The fraction of sp³-hybridized carbons (Fsp3) is 0.385. The summed E-state index contributed by atoms with van der Waals surface area (Å²) in [4.78, 5) is 41.0. The summed E-state index contributed by atoms with van der Waals surface area (Å²) in [6.07, 6.45) is 5.83. The Balaban J connectivity index is 1.81. The van der Waals surface area contributed by atoms with Crippen molar-refractivity contribution < 1.29 is 18.8 Å². The van der Waals surface area contributed by atoms with E-state index in [0.717, 1.165) is 55.6 Å². The van der Waals surface area contributed by atoms with Crippen molar-refractivity contribution in [3.8, 4) is 0 Å². The second-order valence-electron chi connectivity index (χ2n) is 9.03. The maximum atomic E-state index is 14.0. The van der Waals surface area contributed by atoms with Crippen molar-refractivity contribution >= 4 is 40.6 Å². The number of nitrogens with one attached hydrogen (secondary N) is 1. The molecule has 4 rings (SSSR count). The van der Waals surface area contributed by atoms with Crippen LogP contribution in [0.5, 0.6) is 0 Å². The number of amides is 3. The highest BCUT2D eigenvalue weighted by atomic mass is 32.1. The number of nitrogens with two attached hydrogens (primary N) is 2. The zero-order valence-corrected chi connectivity index (χ0v) is 21.3. The lowest BCUT2D eigenvalue weighted by atomic mass is 9.95. The molecule has 2 aromatic heterocycles. The zero-order valence-electron chi connectivity index (χ0n) is 20.5. The van der Waals surface area contributed by atoms with Crippen molar-refractivity contribution in [3.63, 3.8) is 0 Å². The molecule has 0 saturated heterocycles. The Morgan fingerprint density at radius 1 is 1.14 bits per heavy atom. The van der Waals surface area contributed by atoms with Crippen LogP contribution in [0.25, 0.3) is 0 Å². The van der Waals surface area contributed by atoms with Gasteiger partial charge in [0.1, 0.15) is 16.4 Å². The van der Waals surface area contributed by atoms with Crippen molar-refractivity contribution in [2.75, 3.05) is 10.6 Å². The number of nitrogen functional groups attached to an aromatic ring is 1. The predicted octanol–water partition coefficient (Wildman–Crippen LogP) is 4.13. The van der Waals surface area contributed by atoms with Crippen LogP contribution >= 0.6 is 11.5 Å². The first-order chi connectivity index (χ1) is 17.3. The van der Waals surface area contributed by atoms with Crippen LogP contribution in [0, 0.1) is 6.92 Å². The fourth-order valence-electron chi connectivity index (χ4n) is 4.52. The fourth-order valence-corrected chi connectivity index (χ4v) is 5.26. The lowest BCUT2D eigenvalue weighted by molar-refractivity contribution is -0.123. The summed E-state index contributed by atoms with van der Waals surface area (Å²) < 4.78 is 9.88. The van der Waals surface area contributed by atoms with Crippen LogP contribution in [0.15, 0.2) is 40.8 Å². The molecule has 36 heavy (non-hydrogen) atoms. The average molecular weight is 510 g/mol. The van der Waals surface area contributed by atoms with E-state index in [1.54, 1.807) is 31.2 Å². The summed E-state index contributed by atoms with van der Waals surface area (Å²) in [6.45, 7) is 3.81. The molecule has 1 unspecified atom stereocenters. The van der Waals surface area contributed by atoms with Crippen LogP contribution in [0.2, 0.25) is 0 Å². The third-order valence-corrected chi connectivity index (χ3v) is 7.34. The molecule has 1 fully saturated rings. The van der Waals surface area contributed by atoms with Crippen LogP contribution in [-0.2, 0) is 11.2 Å². The highest BCUT2D eigenvalue weighted by Crippen LogP contribution is 2.34. The third kappa shape index (κ3) is 5.28. The van der Waals surface area contributed by atoms with E-state index in [1.165, 1.54) is 4.90 Å². The van der Waals surface area contributed by atoms with E-state index in [0.29, 0.717) is 17.2 Å². The zero-order chi connectivity index (χ0) is 25.8. The second-order valence-corrected chi connectivity index (χ2v) is 9.80. The van der Waals surface area contributed by atoms with Crippen LogP contribution in [0.4, 0.5) is 11.4 Å². The number of rotatable bonds is 8. The summed E-state index contributed by atoms with van der Waals surface area (Å²) in [7, 11) is 0. The van der Waals surface area contributed by atoms with Gasteiger partial charge in [-0.15, -0.1) is 0 Å². The van der Waals surface area contributed by atoms with Crippen molar-refractivity contribution in [1.29, 1.82) is 0 Å². The molecule has 0 bridgehead atoms. The third-order valence-electron chi connectivity index (χ3n) is 6.49. The smallest absolute Gasteiger partial charge is 0.273 e. The first kappa shape index (κ1) is 25.4. The molecule has 1 aliphatic carbocycles. The molecule has 10 heteroatoms. The van der Waals surface area contributed by atoms with Gasteiger partial charge in [-0.2, -0.15) is 4.37 Å². The first-order valence-electron chi connectivity index (χ1n) is 12.1. The molecular weight excluding hydrogens is 478 g/mol. The minimum Gasteiger partial charge on any atom is -0.464 e. The summed E-state index contributed by atoms with van der Waals surface area (Å²) in [5.74, 6) is -0.800. The molecule has 3 amide bonds. The van der Waals surface area contributed by atoms with E-state index in [9.17, 15) is 14.4 Å². The van der Waals surface area contributed by atoms with Gasteiger partial charge in [-0.3, -0.25) is 19.3 Å². The standard InChI is InChI=1S/C26H31N5O4S/c1-3-16-10-12-18(13-11-16)31(26(34)23-20(27)21(24(28)32)30-36-23)22(19-14-9-15(2)35-19)25(33)29-17-7-5-4-6-8-17/h9-14,17,22H,3-8,27H2,1-2H3,(H2,28,32)(H,29,33). The highest BCUT2D eigenvalue weighted by molar-refractivity contribution is 7.09. The number of aromatic nitrogens is 1. The van der Waals surface area contributed by atoms with Gasteiger partial charge in [0.15, 0.2) is 11.7 Å². The summed E-state index contributed by atoms with van der Waals surface area (Å²) in [5, 5.41) is 3.13. The molecule has 9 nitrogen and oxygen atoms in total. The van der Waals surface area contributed by atoms with Gasteiger partial charge < -0.3 is 21.2 Å². The van der Waals surface area contributed by atoms with Gasteiger partial charge >= 0.3 is 0 Å². The molecule has 0 radical (unpaired) electrons. The Bertz CT molecular complexity index is 1240. The second kappa shape index (κ2) is 10.9. The SMILES string of the molecule is CCc1ccc(N(C(=O)c2snc(C(N)=O)c2N)C(C(=O)NC2CCCCC2)c2ccc(C)o2)cc1. The van der Waals surface area contributed by atoms with Gasteiger partial charge in [-0.1, -0.05) is 38.3 Å². The maximum Gasteiger partial charge on any atom is 0.273 e. The summed E-state index contributed by atoms with van der Waals surface area (Å²) in [6, 6.07) is 9.78. The van der Waals surface area contributed by atoms with Gasteiger partial charge in [0.2, 0.25) is 0 Å². The van der Waals surface area contributed by atoms with E-state index in [1.807, 2.05) is 19.1 Å². The van der Waals surface area contributed by atoms with E-state index in [2.05, 4.69) is 9.69 Å². The molecule has 1 atom stereocenters. The van der Waals surface area contributed by atoms with Crippen LogP contribution in [0.1, 0.15) is 82.3 Å². The highest BCUT2D eigenvalue weighted by Gasteiger charge is 2.38. The molecule has 0 aliphatic heterocycles. The monoisotopic (exact) mass is 509 g/mol. The molecule has 0 spiro atoms. The van der Waals surface area contributed by atoms with Crippen LogP contribution < -0.4 is 21.7 Å². The van der Waals surface area contributed by atoms with Gasteiger partial charge in [-0.25, -0.2) is 0 Å². The van der Waals surface area contributed by atoms with Crippen LogP contribution in [0.3, 0.4) is 0 Å². The molecule has 3 aromatic rings. The molecule has 190 valence electrons. The van der Waals surface area contributed by atoms with E-state index in [4.69, 9.17) is 15.9 Å². The Kier molecular flexibility index (Phi) is 7.73. The quantitative estimate of drug-likeness (QED) is 0.416.